The van der Waals surface area contributed by atoms with E-state index >= 15 is 0 Å². The van der Waals surface area contributed by atoms with Gasteiger partial charge in [0.05, 0.1) is 26.4 Å². The third kappa shape index (κ3) is 62.1. The van der Waals surface area contributed by atoms with Crippen LogP contribution in [0.25, 0.3) is 0 Å². The standard InChI is InChI=1S/C68H128O17P2/c1-5-9-13-17-21-25-27-29-31-33-35-38-41-45-49-53-66(71)79-59-64(85-68(73)55-51-47-43-39-36-34-32-30-28-26-22-18-14-10-6-2)61-83-87(76,77)81-57-62(69)56-80-86(74,75)82-60-63(58-78-65(70)52-48-44-40-24-20-16-12-8-4)84-67(72)54-50-46-42-37-23-19-15-11-7-3/h26,28,30,32,62-64,69H,5-25,27,29,31,33-61H2,1-4H3,(H,74,75)(H,76,77)/b28-26-,32-30-/t62-,63+,64+/m0/s1. The summed E-state index contributed by atoms with van der Waals surface area (Å²) in [6.45, 7) is 4.82. The van der Waals surface area contributed by atoms with E-state index in [0.29, 0.717) is 25.7 Å². The van der Waals surface area contributed by atoms with Crippen LogP contribution in [0.3, 0.4) is 0 Å². The van der Waals surface area contributed by atoms with Crippen molar-refractivity contribution in [3.63, 3.8) is 0 Å². The third-order valence-electron chi connectivity index (χ3n) is 15.2. The van der Waals surface area contributed by atoms with Crippen LogP contribution in [0.1, 0.15) is 329 Å². The molecule has 3 N–H and O–H groups in total. The number of esters is 4. The molecule has 0 bridgehead atoms. The van der Waals surface area contributed by atoms with Crippen LogP contribution in [0.15, 0.2) is 24.3 Å². The number of hydrogen-bond donors (Lipinski definition) is 3. The first kappa shape index (κ1) is 84.5. The van der Waals surface area contributed by atoms with E-state index in [1.54, 1.807) is 0 Å². The van der Waals surface area contributed by atoms with Gasteiger partial charge in [-0.25, -0.2) is 9.13 Å². The maximum atomic E-state index is 13.0. The Morgan fingerprint density at radius 2 is 0.552 bits per heavy atom. The van der Waals surface area contributed by atoms with Gasteiger partial charge in [0.25, 0.3) is 0 Å². The van der Waals surface area contributed by atoms with E-state index in [2.05, 4.69) is 52.0 Å². The highest BCUT2D eigenvalue weighted by molar-refractivity contribution is 7.47. The van der Waals surface area contributed by atoms with Crippen molar-refractivity contribution < 1.29 is 80.2 Å². The number of hydrogen-bond acceptors (Lipinski definition) is 15. The van der Waals surface area contributed by atoms with Crippen LogP contribution >= 0.6 is 15.6 Å². The zero-order valence-corrected chi connectivity index (χ0v) is 57.3. The predicted molar refractivity (Wildman–Crippen MR) is 349 cm³/mol. The summed E-state index contributed by atoms with van der Waals surface area (Å²) in [5, 5.41) is 10.5. The Bertz CT molecular complexity index is 1760. The van der Waals surface area contributed by atoms with E-state index in [1.165, 1.54) is 141 Å². The molecule has 0 radical (unpaired) electrons. The van der Waals surface area contributed by atoms with Gasteiger partial charge in [-0.3, -0.25) is 37.3 Å². The summed E-state index contributed by atoms with van der Waals surface area (Å²) < 4.78 is 68.0. The van der Waals surface area contributed by atoms with Crippen LogP contribution in [0.2, 0.25) is 0 Å². The van der Waals surface area contributed by atoms with Gasteiger partial charge in [-0.1, -0.05) is 277 Å². The minimum Gasteiger partial charge on any atom is -0.462 e. The van der Waals surface area contributed by atoms with Crippen LogP contribution in [-0.2, 0) is 65.4 Å². The van der Waals surface area contributed by atoms with Gasteiger partial charge in [0.1, 0.15) is 19.3 Å². The molecule has 0 heterocycles. The SMILES string of the molecule is CCCCCC/C=C\C=C/CCCCCCCC(=O)O[C@H](COC(=O)CCCCCCCCCCCCCCCCC)COP(=O)(O)OC[C@@H](O)COP(=O)(O)OC[C@@H](COC(=O)CCCCCCCCCC)OC(=O)CCCCCCCCCCC. The van der Waals surface area contributed by atoms with Crippen LogP contribution in [0.4, 0.5) is 0 Å². The number of phosphoric ester groups is 2. The fourth-order valence-electron chi connectivity index (χ4n) is 9.80. The normalized spacial score (nSPS) is 14.2. The van der Waals surface area contributed by atoms with Gasteiger partial charge in [-0.15, -0.1) is 0 Å². The molecule has 87 heavy (non-hydrogen) atoms. The largest absolute Gasteiger partial charge is 0.472 e. The third-order valence-corrected chi connectivity index (χ3v) is 17.1. The van der Waals surface area contributed by atoms with E-state index < -0.39 is 97.5 Å². The average molecular weight is 1280 g/mol. The van der Waals surface area contributed by atoms with Crippen molar-refractivity contribution in [1.82, 2.24) is 0 Å². The maximum Gasteiger partial charge on any atom is 0.472 e. The van der Waals surface area contributed by atoms with Crippen molar-refractivity contribution in [2.24, 2.45) is 0 Å². The van der Waals surface area contributed by atoms with Gasteiger partial charge in [-0.05, 0) is 51.4 Å². The molecule has 0 rings (SSSR count). The Morgan fingerprint density at radius 3 is 0.839 bits per heavy atom. The summed E-state index contributed by atoms with van der Waals surface area (Å²) in [5.74, 6) is -2.16. The molecule has 0 aliphatic rings. The van der Waals surface area contributed by atoms with Crippen LogP contribution < -0.4 is 0 Å². The Hall–Kier alpha value is -2.46. The van der Waals surface area contributed by atoms with E-state index in [4.69, 9.17) is 37.0 Å². The van der Waals surface area contributed by atoms with E-state index in [1.807, 2.05) is 0 Å². The molecule has 0 aromatic carbocycles. The zero-order chi connectivity index (χ0) is 64.0. The highest BCUT2D eigenvalue weighted by Gasteiger charge is 2.30. The first-order valence-corrected chi connectivity index (χ1v) is 38.1. The molecule has 0 amide bonds. The molecular weight excluding hydrogens is 1150 g/mol. The molecule has 0 saturated heterocycles. The molecule has 2 unspecified atom stereocenters. The molecule has 0 saturated carbocycles. The second-order valence-corrected chi connectivity index (χ2v) is 26.8. The van der Waals surface area contributed by atoms with Gasteiger partial charge in [0, 0.05) is 25.7 Å². The van der Waals surface area contributed by atoms with Crippen molar-refractivity contribution in [3.05, 3.63) is 24.3 Å². The number of allylic oxidation sites excluding steroid dienone is 4. The number of unbranched alkanes of at least 4 members (excludes halogenated alkanes) is 38. The van der Waals surface area contributed by atoms with Crippen molar-refractivity contribution >= 4 is 39.5 Å². The number of phosphoric acid groups is 2. The van der Waals surface area contributed by atoms with E-state index in [9.17, 15) is 43.2 Å². The monoisotopic (exact) mass is 1280 g/mol. The first-order chi connectivity index (χ1) is 42.2. The second-order valence-electron chi connectivity index (χ2n) is 23.9. The van der Waals surface area contributed by atoms with Gasteiger partial charge in [0.2, 0.25) is 0 Å². The number of ether oxygens (including phenoxy) is 4. The Labute approximate surface area is 529 Å². The number of aliphatic hydroxyl groups excluding tert-OH is 1. The summed E-state index contributed by atoms with van der Waals surface area (Å²) in [6, 6.07) is 0. The Morgan fingerprint density at radius 1 is 0.322 bits per heavy atom. The molecule has 0 fully saturated rings. The highest BCUT2D eigenvalue weighted by Crippen LogP contribution is 2.45. The predicted octanol–water partition coefficient (Wildman–Crippen LogP) is 19.1. The van der Waals surface area contributed by atoms with Gasteiger partial charge >= 0.3 is 39.5 Å². The molecule has 0 aliphatic carbocycles. The smallest absolute Gasteiger partial charge is 0.462 e. The second kappa shape index (κ2) is 62.4. The summed E-state index contributed by atoms with van der Waals surface area (Å²) in [6.07, 6.45) is 52.2. The quantitative estimate of drug-likeness (QED) is 0.0169. The zero-order valence-electron chi connectivity index (χ0n) is 55.5. The molecule has 512 valence electrons. The van der Waals surface area contributed by atoms with Gasteiger partial charge in [-0.2, -0.15) is 0 Å². The van der Waals surface area contributed by atoms with Crippen LogP contribution in [0.5, 0.6) is 0 Å². The maximum absolute atomic E-state index is 13.0. The minimum atomic E-state index is -4.96. The molecule has 0 aromatic rings. The lowest BCUT2D eigenvalue weighted by molar-refractivity contribution is -0.161. The number of rotatable bonds is 67. The number of carbonyl (C=O) groups is 4. The van der Waals surface area contributed by atoms with Crippen LogP contribution in [-0.4, -0.2) is 96.7 Å². The topological polar surface area (TPSA) is 237 Å². The molecule has 0 aliphatic heterocycles. The summed E-state index contributed by atoms with van der Waals surface area (Å²) in [4.78, 5) is 72.3. The average Bonchev–Trinajstić information content (AvgIpc) is 3.59. The van der Waals surface area contributed by atoms with Crippen molar-refractivity contribution in [3.8, 4) is 0 Å². The van der Waals surface area contributed by atoms with Crippen LogP contribution in [0, 0.1) is 0 Å². The molecule has 17 nitrogen and oxygen atoms in total. The van der Waals surface area contributed by atoms with Gasteiger partial charge < -0.3 is 33.8 Å². The fourth-order valence-corrected chi connectivity index (χ4v) is 11.4. The van der Waals surface area contributed by atoms with Crippen molar-refractivity contribution in [2.75, 3.05) is 39.6 Å². The summed E-state index contributed by atoms with van der Waals surface area (Å²) in [5.41, 5.74) is 0. The number of aliphatic hydroxyl groups is 1. The van der Waals surface area contributed by atoms with E-state index in [-0.39, 0.29) is 25.7 Å². The summed E-state index contributed by atoms with van der Waals surface area (Å²) >= 11 is 0. The van der Waals surface area contributed by atoms with Crippen molar-refractivity contribution in [2.45, 2.75) is 348 Å². The van der Waals surface area contributed by atoms with Gasteiger partial charge in [0.15, 0.2) is 12.2 Å². The molecular formula is C68H128O17P2. The Kier molecular flexibility index (Phi) is 60.6. The first-order valence-electron chi connectivity index (χ1n) is 35.1. The minimum absolute atomic E-state index is 0.0858. The lowest BCUT2D eigenvalue weighted by Crippen LogP contribution is -2.30. The lowest BCUT2D eigenvalue weighted by Gasteiger charge is -2.21. The molecule has 0 aromatic heterocycles. The fraction of sp³-hybridized carbons (Fsp3) is 0.882. The molecule has 0 spiro atoms. The van der Waals surface area contributed by atoms with E-state index in [0.717, 1.165) is 109 Å². The summed E-state index contributed by atoms with van der Waals surface area (Å²) in [7, 11) is -9.90. The highest BCUT2D eigenvalue weighted by atomic mass is 31.2. The molecule has 5 atom stereocenters. The number of carbonyl (C=O) groups excluding carboxylic acids is 4. The lowest BCUT2D eigenvalue weighted by atomic mass is 10.0. The van der Waals surface area contributed by atoms with Crippen molar-refractivity contribution in [1.29, 1.82) is 0 Å². The Balaban J connectivity index is 5.24. The molecule has 19 heteroatoms.